The van der Waals surface area contributed by atoms with Crippen LogP contribution in [0.25, 0.3) is 0 Å². The quantitative estimate of drug-likeness (QED) is 0.637. The monoisotopic (exact) mass is 209 g/mol. The van der Waals surface area contributed by atoms with Gasteiger partial charge in [0.15, 0.2) is 0 Å². The lowest BCUT2D eigenvalue weighted by Gasteiger charge is -2.13. The Balaban J connectivity index is 3.01. The standard InChI is InChI=1S/C8H10F3NS/c1-7(2,3)6-12-4-5(13-6)8(9,10)11/h4H,1-3H3. The van der Waals surface area contributed by atoms with Gasteiger partial charge < -0.3 is 0 Å². The van der Waals surface area contributed by atoms with Gasteiger partial charge in [0, 0.05) is 5.41 Å². The fraction of sp³-hybridized carbons (Fsp3) is 0.625. The van der Waals surface area contributed by atoms with E-state index in [-0.39, 0.29) is 5.41 Å². The van der Waals surface area contributed by atoms with Gasteiger partial charge in [-0.05, 0) is 0 Å². The highest BCUT2D eigenvalue weighted by Gasteiger charge is 2.34. The zero-order valence-electron chi connectivity index (χ0n) is 7.57. The highest BCUT2D eigenvalue weighted by molar-refractivity contribution is 7.11. The van der Waals surface area contributed by atoms with Gasteiger partial charge in [-0.1, -0.05) is 20.8 Å². The van der Waals surface area contributed by atoms with Crippen LogP contribution in [0.15, 0.2) is 6.20 Å². The van der Waals surface area contributed by atoms with Crippen LogP contribution in [0, 0.1) is 0 Å². The second-order valence-electron chi connectivity index (χ2n) is 3.78. The maximum absolute atomic E-state index is 12.2. The van der Waals surface area contributed by atoms with Crippen LogP contribution in [0.1, 0.15) is 30.7 Å². The first-order chi connectivity index (χ1) is 5.71. The summed E-state index contributed by atoms with van der Waals surface area (Å²) in [5.74, 6) is 0. The first-order valence-corrected chi connectivity index (χ1v) is 4.56. The van der Waals surface area contributed by atoms with Gasteiger partial charge in [-0.2, -0.15) is 13.2 Å². The molecule has 0 N–H and O–H groups in total. The molecule has 74 valence electrons. The number of alkyl halides is 3. The number of thiazole rings is 1. The third kappa shape index (κ3) is 2.43. The van der Waals surface area contributed by atoms with E-state index >= 15 is 0 Å². The van der Waals surface area contributed by atoms with Crippen LogP contribution in [-0.2, 0) is 11.6 Å². The van der Waals surface area contributed by atoms with E-state index in [4.69, 9.17) is 0 Å². The van der Waals surface area contributed by atoms with Crippen molar-refractivity contribution in [3.63, 3.8) is 0 Å². The van der Waals surface area contributed by atoms with Crippen molar-refractivity contribution in [2.75, 3.05) is 0 Å². The van der Waals surface area contributed by atoms with E-state index in [9.17, 15) is 13.2 Å². The van der Waals surface area contributed by atoms with Crippen molar-refractivity contribution < 1.29 is 13.2 Å². The maximum atomic E-state index is 12.2. The molecule has 13 heavy (non-hydrogen) atoms. The first kappa shape index (κ1) is 10.5. The molecule has 0 spiro atoms. The molecule has 0 aliphatic rings. The summed E-state index contributed by atoms with van der Waals surface area (Å²) < 4.78 is 36.5. The minimum absolute atomic E-state index is 0.311. The second-order valence-corrected chi connectivity index (χ2v) is 4.81. The molecule has 0 saturated carbocycles. The zero-order chi connectivity index (χ0) is 10.3. The predicted octanol–water partition coefficient (Wildman–Crippen LogP) is 3.46. The van der Waals surface area contributed by atoms with E-state index in [1.807, 2.05) is 20.8 Å². The average molecular weight is 209 g/mol. The van der Waals surface area contributed by atoms with Crippen molar-refractivity contribution in [1.29, 1.82) is 0 Å². The summed E-state index contributed by atoms with van der Waals surface area (Å²) in [5, 5.41) is 0.514. The van der Waals surface area contributed by atoms with E-state index in [0.29, 0.717) is 16.3 Å². The largest absolute Gasteiger partial charge is 0.427 e. The van der Waals surface area contributed by atoms with Gasteiger partial charge in [-0.25, -0.2) is 4.98 Å². The highest BCUT2D eigenvalue weighted by Crippen LogP contribution is 2.36. The van der Waals surface area contributed by atoms with Crippen LogP contribution in [0.2, 0.25) is 0 Å². The molecule has 1 rings (SSSR count). The highest BCUT2D eigenvalue weighted by atomic mass is 32.1. The predicted molar refractivity (Wildman–Crippen MR) is 45.8 cm³/mol. The minimum Gasteiger partial charge on any atom is -0.248 e. The molecule has 0 fully saturated rings. The Morgan fingerprint density at radius 3 is 2.00 bits per heavy atom. The molecule has 0 aliphatic heterocycles. The van der Waals surface area contributed by atoms with E-state index < -0.39 is 11.1 Å². The zero-order valence-corrected chi connectivity index (χ0v) is 8.38. The molecule has 1 heterocycles. The van der Waals surface area contributed by atoms with E-state index in [2.05, 4.69) is 4.98 Å². The van der Waals surface area contributed by atoms with E-state index in [1.54, 1.807) is 0 Å². The molecule has 0 aromatic carbocycles. The third-order valence-electron chi connectivity index (χ3n) is 1.43. The van der Waals surface area contributed by atoms with Gasteiger partial charge in [0.25, 0.3) is 0 Å². The van der Waals surface area contributed by atoms with Crippen LogP contribution in [-0.4, -0.2) is 4.98 Å². The Morgan fingerprint density at radius 2 is 1.77 bits per heavy atom. The fourth-order valence-electron chi connectivity index (χ4n) is 0.752. The van der Waals surface area contributed by atoms with Gasteiger partial charge in [-0.15, -0.1) is 11.3 Å². The lowest BCUT2D eigenvalue weighted by molar-refractivity contribution is -0.134. The minimum atomic E-state index is -4.26. The van der Waals surface area contributed by atoms with Crippen LogP contribution in [0.4, 0.5) is 13.2 Å². The topological polar surface area (TPSA) is 12.9 Å². The SMILES string of the molecule is CC(C)(C)c1ncc(C(F)(F)F)s1. The van der Waals surface area contributed by atoms with Crippen LogP contribution < -0.4 is 0 Å². The molecule has 0 radical (unpaired) electrons. The summed E-state index contributed by atoms with van der Waals surface area (Å²) in [6, 6.07) is 0. The summed E-state index contributed by atoms with van der Waals surface area (Å²) in [5.41, 5.74) is -0.311. The van der Waals surface area contributed by atoms with Crippen molar-refractivity contribution in [3.8, 4) is 0 Å². The Hall–Kier alpha value is -0.580. The lowest BCUT2D eigenvalue weighted by Crippen LogP contribution is -2.09. The molecule has 0 aliphatic carbocycles. The molecule has 0 unspecified atom stereocenters. The lowest BCUT2D eigenvalue weighted by atomic mass is 9.98. The smallest absolute Gasteiger partial charge is 0.248 e. The van der Waals surface area contributed by atoms with Crippen molar-refractivity contribution in [1.82, 2.24) is 4.98 Å². The van der Waals surface area contributed by atoms with Crippen molar-refractivity contribution >= 4 is 11.3 Å². The van der Waals surface area contributed by atoms with Gasteiger partial charge in [0.2, 0.25) is 0 Å². The van der Waals surface area contributed by atoms with Crippen molar-refractivity contribution in [3.05, 3.63) is 16.1 Å². The fourth-order valence-corrected chi connectivity index (χ4v) is 1.59. The summed E-state index contributed by atoms with van der Waals surface area (Å²) >= 11 is 0.711. The number of halogens is 3. The molecule has 1 nitrogen and oxygen atoms in total. The molecule has 5 heteroatoms. The number of rotatable bonds is 0. The molecular weight excluding hydrogens is 199 g/mol. The molecule has 1 aromatic rings. The number of hydrogen-bond acceptors (Lipinski definition) is 2. The Bertz CT molecular complexity index is 267. The van der Waals surface area contributed by atoms with Crippen LogP contribution >= 0.6 is 11.3 Å². The molecule has 0 saturated heterocycles. The van der Waals surface area contributed by atoms with Gasteiger partial charge >= 0.3 is 6.18 Å². The van der Waals surface area contributed by atoms with Gasteiger partial charge in [0.05, 0.1) is 11.2 Å². The third-order valence-corrected chi connectivity index (χ3v) is 2.89. The summed E-state index contributed by atoms with van der Waals surface area (Å²) in [6.45, 7) is 5.52. The summed E-state index contributed by atoms with van der Waals surface area (Å²) in [6.07, 6.45) is -3.37. The van der Waals surface area contributed by atoms with Crippen LogP contribution in [0.3, 0.4) is 0 Å². The Morgan fingerprint density at radius 1 is 1.23 bits per heavy atom. The summed E-state index contributed by atoms with van der Waals surface area (Å²) in [4.78, 5) is 3.13. The Labute approximate surface area is 78.6 Å². The van der Waals surface area contributed by atoms with Gasteiger partial charge in [0.1, 0.15) is 4.88 Å². The molecular formula is C8H10F3NS. The number of hydrogen-bond donors (Lipinski definition) is 0. The molecule has 0 bridgehead atoms. The molecule has 1 aromatic heterocycles. The normalized spacial score (nSPS) is 13.4. The summed E-state index contributed by atoms with van der Waals surface area (Å²) in [7, 11) is 0. The van der Waals surface area contributed by atoms with Crippen molar-refractivity contribution in [2.45, 2.75) is 32.4 Å². The van der Waals surface area contributed by atoms with Crippen LogP contribution in [0.5, 0.6) is 0 Å². The number of nitrogens with zero attached hydrogens (tertiary/aromatic N) is 1. The van der Waals surface area contributed by atoms with Crippen molar-refractivity contribution in [2.24, 2.45) is 0 Å². The van der Waals surface area contributed by atoms with Gasteiger partial charge in [-0.3, -0.25) is 0 Å². The second kappa shape index (κ2) is 2.97. The Kier molecular flexibility index (Phi) is 2.40. The first-order valence-electron chi connectivity index (χ1n) is 3.75. The molecule has 0 atom stereocenters. The van der Waals surface area contributed by atoms with E-state index in [0.717, 1.165) is 6.20 Å². The molecule has 0 amide bonds. The van der Waals surface area contributed by atoms with E-state index in [1.165, 1.54) is 0 Å². The average Bonchev–Trinajstić information content (AvgIpc) is 2.28. The maximum Gasteiger partial charge on any atom is 0.427 e. The number of aromatic nitrogens is 1.